The van der Waals surface area contributed by atoms with Gasteiger partial charge in [0.1, 0.15) is 17.6 Å². The topological polar surface area (TPSA) is 68.6 Å². The van der Waals surface area contributed by atoms with Gasteiger partial charge in [-0.05, 0) is 24.1 Å². The summed E-state index contributed by atoms with van der Waals surface area (Å²) in [6.45, 7) is 2.21. The summed E-state index contributed by atoms with van der Waals surface area (Å²) in [6, 6.07) is 26.0. The number of carbonyl (C=O) groups is 1. The van der Waals surface area contributed by atoms with Gasteiger partial charge < -0.3 is 19.4 Å². The van der Waals surface area contributed by atoms with Crippen LogP contribution in [0.2, 0.25) is 0 Å². The van der Waals surface area contributed by atoms with Gasteiger partial charge in [-0.1, -0.05) is 66.7 Å². The van der Waals surface area contributed by atoms with E-state index in [2.05, 4.69) is 33.4 Å². The third kappa shape index (κ3) is 6.19. The smallest absolute Gasteiger partial charge is 0.234 e. The first-order valence-electron chi connectivity index (χ1n) is 12.6. The van der Waals surface area contributed by atoms with Crippen molar-refractivity contribution in [3.63, 3.8) is 0 Å². The number of hydrogen-bond acceptors (Lipinski definition) is 5. The van der Waals surface area contributed by atoms with Crippen molar-refractivity contribution in [2.75, 3.05) is 20.2 Å². The van der Waals surface area contributed by atoms with Crippen molar-refractivity contribution in [2.45, 2.75) is 31.7 Å². The number of rotatable bonds is 9. The number of nitrogens with zero attached hydrogens (tertiary/aromatic N) is 3. The van der Waals surface area contributed by atoms with E-state index in [0.29, 0.717) is 13.1 Å². The number of nitrogens with one attached hydrogen (secondary N) is 1. The Morgan fingerprint density at radius 2 is 1.86 bits per heavy atom. The lowest BCUT2D eigenvalue weighted by atomic mass is 10.0. The maximum atomic E-state index is 13.4. The number of fused-ring (bicyclic) bond motifs is 1. The zero-order chi connectivity index (χ0) is 25.5. The third-order valence-electron chi connectivity index (χ3n) is 6.69. The lowest BCUT2D eigenvalue weighted by Gasteiger charge is -2.26. The van der Waals surface area contributed by atoms with E-state index in [-0.39, 0.29) is 24.6 Å². The molecule has 4 aromatic rings. The average molecular weight is 497 g/mol. The van der Waals surface area contributed by atoms with E-state index in [1.165, 1.54) is 0 Å². The molecule has 1 amide bonds. The molecule has 2 unspecified atom stereocenters. The lowest BCUT2D eigenvalue weighted by Crippen LogP contribution is -2.40. The van der Waals surface area contributed by atoms with E-state index < -0.39 is 0 Å². The van der Waals surface area contributed by atoms with E-state index in [4.69, 9.17) is 9.47 Å². The maximum absolute atomic E-state index is 13.4. The van der Waals surface area contributed by atoms with Gasteiger partial charge in [-0.15, -0.1) is 0 Å². The summed E-state index contributed by atoms with van der Waals surface area (Å²) in [6.07, 6.45) is 6.02. The molecule has 0 bridgehead atoms. The van der Waals surface area contributed by atoms with Crippen molar-refractivity contribution >= 4 is 5.91 Å². The third-order valence-corrected chi connectivity index (χ3v) is 6.69. The SMILES string of the molecule is COc1ccccc1C1CN(CC(=O)NC(CCn2ccnc2)c2ccccc2)Cc2ccccc2O1. The Bertz CT molecular complexity index is 1290. The van der Waals surface area contributed by atoms with Crippen LogP contribution in [0.3, 0.4) is 0 Å². The molecule has 1 aliphatic rings. The number of methoxy groups -OCH3 is 1. The van der Waals surface area contributed by atoms with Crippen LogP contribution in [-0.2, 0) is 17.9 Å². The van der Waals surface area contributed by atoms with Crippen molar-refractivity contribution in [2.24, 2.45) is 0 Å². The highest BCUT2D eigenvalue weighted by Crippen LogP contribution is 2.34. The van der Waals surface area contributed by atoms with Crippen LogP contribution in [0.4, 0.5) is 0 Å². The molecule has 1 aromatic heterocycles. The molecule has 1 N–H and O–H groups in total. The van der Waals surface area contributed by atoms with Crippen LogP contribution in [0.5, 0.6) is 11.5 Å². The van der Waals surface area contributed by atoms with Gasteiger partial charge in [-0.2, -0.15) is 0 Å². The van der Waals surface area contributed by atoms with Gasteiger partial charge in [0.15, 0.2) is 0 Å². The van der Waals surface area contributed by atoms with Gasteiger partial charge in [0, 0.05) is 43.2 Å². The van der Waals surface area contributed by atoms with Gasteiger partial charge in [0.25, 0.3) is 0 Å². The highest BCUT2D eigenvalue weighted by molar-refractivity contribution is 5.78. The summed E-state index contributed by atoms with van der Waals surface area (Å²) in [5.41, 5.74) is 3.12. The molecular weight excluding hydrogens is 464 g/mol. The Kier molecular flexibility index (Phi) is 7.81. The molecule has 190 valence electrons. The number of carbonyl (C=O) groups excluding carboxylic acids is 1. The van der Waals surface area contributed by atoms with Gasteiger partial charge >= 0.3 is 0 Å². The number of imidazole rings is 1. The molecule has 0 saturated carbocycles. The molecule has 7 nitrogen and oxygen atoms in total. The van der Waals surface area contributed by atoms with Crippen LogP contribution in [0.1, 0.15) is 35.3 Å². The first-order chi connectivity index (χ1) is 18.2. The second kappa shape index (κ2) is 11.8. The van der Waals surface area contributed by atoms with E-state index in [1.54, 1.807) is 19.6 Å². The molecule has 3 aromatic carbocycles. The van der Waals surface area contributed by atoms with E-state index in [0.717, 1.165) is 41.2 Å². The fourth-order valence-electron chi connectivity index (χ4n) is 4.84. The summed E-state index contributed by atoms with van der Waals surface area (Å²) < 4.78 is 14.1. The Hall–Kier alpha value is -4.10. The van der Waals surface area contributed by atoms with Crippen LogP contribution in [0.15, 0.2) is 97.6 Å². The molecule has 1 aliphatic heterocycles. The van der Waals surface area contributed by atoms with Crippen LogP contribution in [0, 0.1) is 0 Å². The standard InChI is InChI=1S/C30H32N4O3/c1-36-28-14-8-6-12-25(28)29-20-34(19-24-11-5-7-13-27(24)37-29)21-30(35)32-26(23-9-3-2-4-10-23)15-17-33-18-16-31-22-33/h2-14,16,18,22,26,29H,15,17,19-21H2,1H3,(H,32,35). The monoisotopic (exact) mass is 496 g/mol. The molecule has 5 rings (SSSR count). The van der Waals surface area contributed by atoms with Crippen LogP contribution in [-0.4, -0.2) is 40.6 Å². The molecule has 2 atom stereocenters. The largest absolute Gasteiger partial charge is 0.496 e. The van der Waals surface area contributed by atoms with E-state index in [9.17, 15) is 4.79 Å². The molecule has 0 spiro atoms. The molecular formula is C30H32N4O3. The minimum absolute atomic E-state index is 0.0161. The van der Waals surface area contributed by atoms with Crippen molar-refractivity contribution in [3.8, 4) is 11.5 Å². The molecule has 0 radical (unpaired) electrons. The number of hydrogen-bond donors (Lipinski definition) is 1. The molecule has 0 fully saturated rings. The zero-order valence-corrected chi connectivity index (χ0v) is 21.0. The number of aryl methyl sites for hydroxylation is 1. The van der Waals surface area contributed by atoms with E-state index in [1.807, 2.05) is 71.4 Å². The molecule has 2 heterocycles. The van der Waals surface area contributed by atoms with Crippen LogP contribution >= 0.6 is 0 Å². The Morgan fingerprint density at radius 3 is 2.68 bits per heavy atom. The Labute approximate surface area is 217 Å². The predicted molar refractivity (Wildman–Crippen MR) is 142 cm³/mol. The first-order valence-corrected chi connectivity index (χ1v) is 12.6. The lowest BCUT2D eigenvalue weighted by molar-refractivity contribution is -0.123. The summed E-state index contributed by atoms with van der Waals surface area (Å²) in [5.74, 6) is 1.60. The Balaban J connectivity index is 1.33. The van der Waals surface area contributed by atoms with Gasteiger partial charge in [-0.3, -0.25) is 9.69 Å². The number of para-hydroxylation sites is 2. The van der Waals surface area contributed by atoms with Gasteiger partial charge in [0.05, 0.1) is 26.0 Å². The van der Waals surface area contributed by atoms with Crippen molar-refractivity contribution in [3.05, 3.63) is 114 Å². The summed E-state index contributed by atoms with van der Waals surface area (Å²) in [5, 5.41) is 3.28. The summed E-state index contributed by atoms with van der Waals surface area (Å²) in [7, 11) is 1.67. The van der Waals surface area contributed by atoms with Crippen LogP contribution in [0.25, 0.3) is 0 Å². The number of benzene rings is 3. The van der Waals surface area contributed by atoms with Crippen LogP contribution < -0.4 is 14.8 Å². The van der Waals surface area contributed by atoms with Gasteiger partial charge in [-0.25, -0.2) is 4.98 Å². The maximum Gasteiger partial charge on any atom is 0.234 e. The normalized spacial score (nSPS) is 16.2. The number of amides is 1. The van der Waals surface area contributed by atoms with Gasteiger partial charge in [0.2, 0.25) is 5.91 Å². The minimum Gasteiger partial charge on any atom is -0.496 e. The molecule has 0 aliphatic carbocycles. The number of ether oxygens (including phenoxy) is 2. The summed E-state index contributed by atoms with van der Waals surface area (Å²) >= 11 is 0. The minimum atomic E-state index is -0.265. The van der Waals surface area contributed by atoms with E-state index >= 15 is 0 Å². The quantitative estimate of drug-likeness (QED) is 0.361. The predicted octanol–water partition coefficient (Wildman–Crippen LogP) is 4.78. The second-order valence-corrected chi connectivity index (χ2v) is 9.25. The summed E-state index contributed by atoms with van der Waals surface area (Å²) in [4.78, 5) is 19.7. The fourth-order valence-corrected chi connectivity index (χ4v) is 4.84. The van der Waals surface area contributed by atoms with Crippen molar-refractivity contribution in [1.29, 1.82) is 0 Å². The molecule has 7 heteroatoms. The highest BCUT2D eigenvalue weighted by atomic mass is 16.5. The fraction of sp³-hybridized carbons (Fsp3) is 0.267. The second-order valence-electron chi connectivity index (χ2n) is 9.25. The highest BCUT2D eigenvalue weighted by Gasteiger charge is 2.28. The van der Waals surface area contributed by atoms with Crippen molar-refractivity contribution in [1.82, 2.24) is 19.8 Å². The van der Waals surface area contributed by atoms with Crippen molar-refractivity contribution < 1.29 is 14.3 Å². The molecule has 0 saturated heterocycles. The zero-order valence-electron chi connectivity index (χ0n) is 21.0. The molecule has 37 heavy (non-hydrogen) atoms. The number of aromatic nitrogens is 2. The first kappa shape index (κ1) is 24.6. The average Bonchev–Trinajstić information content (AvgIpc) is 3.39. The Morgan fingerprint density at radius 1 is 1.08 bits per heavy atom.